The highest BCUT2D eigenvalue weighted by atomic mass is 32.1. The van der Waals surface area contributed by atoms with Crippen molar-refractivity contribution in [1.82, 2.24) is 0 Å². The predicted molar refractivity (Wildman–Crippen MR) is 64.9 cm³/mol. The number of nitrogens with zero attached hydrogens (tertiary/aromatic N) is 1. The molecule has 0 fully saturated rings. The van der Waals surface area contributed by atoms with E-state index in [1.165, 1.54) is 16.5 Å². The fraction of sp³-hybridized carbons (Fsp3) is 0. The Kier molecular flexibility index (Phi) is 4.93. The van der Waals surface area contributed by atoms with Crippen molar-refractivity contribution in [3.05, 3.63) is 60.7 Å². The number of hydrogen-bond acceptors (Lipinski definition) is 2. The van der Waals surface area contributed by atoms with Gasteiger partial charge in [-0.15, -0.1) is 0 Å². The van der Waals surface area contributed by atoms with Crippen LogP contribution in [0.25, 0.3) is 11.1 Å². The van der Waals surface area contributed by atoms with Gasteiger partial charge in [-0.25, -0.2) is 5.26 Å². The summed E-state index contributed by atoms with van der Waals surface area (Å²) >= 11 is 3.70. The highest BCUT2D eigenvalue weighted by molar-refractivity contribution is 7.64. The molecule has 1 nitrogen and oxygen atoms in total. The van der Waals surface area contributed by atoms with E-state index in [1.54, 1.807) is 0 Å². The van der Waals surface area contributed by atoms with E-state index >= 15 is 0 Å². The molecule has 0 bridgehead atoms. The number of benzene rings is 2. The SMILES string of the molecule is N#C[S-].c1ccc(-c2ccccc2)cc1. The molecule has 0 radical (unpaired) electrons. The summed E-state index contributed by atoms with van der Waals surface area (Å²) < 4.78 is 0. The number of thiocyanates is 1. The molecule has 74 valence electrons. The fourth-order valence-corrected chi connectivity index (χ4v) is 1.26. The first-order valence-electron chi connectivity index (χ1n) is 4.50. The van der Waals surface area contributed by atoms with Crippen LogP contribution in [0.15, 0.2) is 60.7 Å². The van der Waals surface area contributed by atoms with Gasteiger partial charge in [-0.3, -0.25) is 0 Å². The molecule has 0 heterocycles. The molecule has 0 saturated heterocycles. The minimum absolute atomic E-state index is 1.28. The summed E-state index contributed by atoms with van der Waals surface area (Å²) in [5.41, 5.74) is 2.55. The summed E-state index contributed by atoms with van der Waals surface area (Å²) in [5, 5.41) is 8.47. The minimum atomic E-state index is 1.28. The van der Waals surface area contributed by atoms with Gasteiger partial charge in [0.05, 0.1) is 0 Å². The molecule has 2 aromatic rings. The Labute approximate surface area is 95.4 Å². The van der Waals surface area contributed by atoms with E-state index in [4.69, 9.17) is 5.26 Å². The third kappa shape index (κ3) is 3.80. The average Bonchev–Trinajstić information content (AvgIpc) is 2.32. The summed E-state index contributed by atoms with van der Waals surface area (Å²) in [6.07, 6.45) is 0. The summed E-state index contributed by atoms with van der Waals surface area (Å²) in [7, 11) is 0. The molecule has 2 aromatic carbocycles. The molecule has 2 rings (SSSR count). The number of hydrogen-bond donors (Lipinski definition) is 0. The van der Waals surface area contributed by atoms with Crippen LogP contribution in [0.5, 0.6) is 0 Å². The van der Waals surface area contributed by atoms with Gasteiger partial charge in [0, 0.05) is 0 Å². The van der Waals surface area contributed by atoms with Crippen molar-refractivity contribution in [2.75, 3.05) is 0 Å². The number of rotatable bonds is 1. The second-order valence-corrected chi connectivity index (χ2v) is 3.01. The minimum Gasteiger partial charge on any atom is -0.696 e. The fourth-order valence-electron chi connectivity index (χ4n) is 1.26. The topological polar surface area (TPSA) is 23.8 Å². The lowest BCUT2D eigenvalue weighted by Gasteiger charge is -1.98. The zero-order valence-corrected chi connectivity index (χ0v) is 8.95. The lowest BCUT2D eigenvalue weighted by Crippen LogP contribution is -1.73. The van der Waals surface area contributed by atoms with E-state index in [0.29, 0.717) is 0 Å². The maximum Gasteiger partial charge on any atom is -0.0184 e. The van der Waals surface area contributed by atoms with Crippen LogP contribution >= 0.6 is 0 Å². The molecule has 2 heteroatoms. The molecule has 0 amide bonds. The Morgan fingerprint density at radius 3 is 1.27 bits per heavy atom. The van der Waals surface area contributed by atoms with E-state index in [1.807, 2.05) is 12.1 Å². The molecule has 0 aliphatic carbocycles. The molecule has 0 N–H and O–H groups in total. The maximum absolute atomic E-state index is 7.13. The van der Waals surface area contributed by atoms with Gasteiger partial charge in [0.2, 0.25) is 0 Å². The largest absolute Gasteiger partial charge is 0.696 e. The van der Waals surface area contributed by atoms with Crippen LogP contribution in [0.2, 0.25) is 0 Å². The van der Waals surface area contributed by atoms with Crippen molar-refractivity contribution in [2.45, 2.75) is 0 Å². The van der Waals surface area contributed by atoms with E-state index in [2.05, 4.69) is 61.2 Å². The highest BCUT2D eigenvalue weighted by Gasteiger charge is 1.91. The van der Waals surface area contributed by atoms with Crippen LogP contribution in [0, 0.1) is 10.7 Å². The molecule has 0 spiro atoms. The quantitative estimate of drug-likeness (QED) is 0.534. The Balaban J connectivity index is 0.000000337. The van der Waals surface area contributed by atoms with Crippen LogP contribution < -0.4 is 0 Å². The van der Waals surface area contributed by atoms with Gasteiger partial charge in [-0.1, -0.05) is 66.1 Å². The van der Waals surface area contributed by atoms with Crippen LogP contribution in [0.3, 0.4) is 0 Å². The van der Waals surface area contributed by atoms with Crippen LogP contribution in [0.4, 0.5) is 0 Å². The molecular formula is C13H10NS-. The third-order valence-corrected chi connectivity index (χ3v) is 1.88. The standard InChI is InChI=1S/C12H10.CHNS/c1-3-7-11(8-4-1)12-9-5-2-6-10-12;2-1-3/h1-10H;3H/p-1. The molecule has 0 atom stereocenters. The zero-order chi connectivity index (χ0) is 10.9. The van der Waals surface area contributed by atoms with Crippen molar-refractivity contribution in [1.29, 1.82) is 5.26 Å². The zero-order valence-electron chi connectivity index (χ0n) is 8.13. The van der Waals surface area contributed by atoms with Crippen molar-refractivity contribution >= 4 is 12.6 Å². The van der Waals surface area contributed by atoms with E-state index in [0.717, 1.165) is 0 Å². The molecule has 0 unspecified atom stereocenters. The van der Waals surface area contributed by atoms with E-state index in [9.17, 15) is 0 Å². The van der Waals surface area contributed by atoms with Gasteiger partial charge in [-0.2, -0.15) is 0 Å². The van der Waals surface area contributed by atoms with Gasteiger partial charge in [0.15, 0.2) is 0 Å². The van der Waals surface area contributed by atoms with Gasteiger partial charge < -0.3 is 12.6 Å². The first-order valence-corrected chi connectivity index (χ1v) is 4.91. The monoisotopic (exact) mass is 212 g/mol. The van der Waals surface area contributed by atoms with Crippen molar-refractivity contribution in [2.24, 2.45) is 0 Å². The Bertz CT molecular complexity index is 380. The average molecular weight is 212 g/mol. The van der Waals surface area contributed by atoms with Gasteiger partial charge >= 0.3 is 0 Å². The van der Waals surface area contributed by atoms with Crippen LogP contribution in [-0.4, -0.2) is 0 Å². The summed E-state index contributed by atoms with van der Waals surface area (Å²) in [4.78, 5) is 0. The third-order valence-electron chi connectivity index (χ3n) is 1.88. The molecule has 15 heavy (non-hydrogen) atoms. The Morgan fingerprint density at radius 1 is 0.733 bits per heavy atom. The molecule has 0 aromatic heterocycles. The van der Waals surface area contributed by atoms with Gasteiger partial charge in [-0.05, 0) is 11.1 Å². The van der Waals surface area contributed by atoms with Gasteiger partial charge in [0.25, 0.3) is 0 Å². The molecule has 0 saturated carbocycles. The van der Waals surface area contributed by atoms with Crippen LogP contribution in [-0.2, 0) is 12.6 Å². The summed E-state index contributed by atoms with van der Waals surface area (Å²) in [6.45, 7) is 0. The normalized spacial score (nSPS) is 8.20. The highest BCUT2D eigenvalue weighted by Crippen LogP contribution is 2.17. The second-order valence-electron chi connectivity index (χ2n) is 2.82. The Morgan fingerprint density at radius 2 is 1.00 bits per heavy atom. The summed E-state index contributed by atoms with van der Waals surface area (Å²) in [6, 6.07) is 20.8. The Hall–Kier alpha value is -1.85. The summed E-state index contributed by atoms with van der Waals surface area (Å²) in [5.74, 6) is 0. The second kappa shape index (κ2) is 6.58. The van der Waals surface area contributed by atoms with Crippen LogP contribution in [0.1, 0.15) is 0 Å². The van der Waals surface area contributed by atoms with Crippen molar-refractivity contribution < 1.29 is 0 Å². The molecular weight excluding hydrogens is 202 g/mol. The molecule has 0 aliphatic rings. The lowest BCUT2D eigenvalue weighted by molar-refractivity contribution is 1.57. The predicted octanol–water partition coefficient (Wildman–Crippen LogP) is 3.37. The maximum atomic E-state index is 7.13. The van der Waals surface area contributed by atoms with Crippen molar-refractivity contribution in [3.63, 3.8) is 0 Å². The molecule has 0 aliphatic heterocycles. The number of nitriles is 1. The van der Waals surface area contributed by atoms with Crippen molar-refractivity contribution in [3.8, 4) is 16.5 Å². The first kappa shape index (κ1) is 11.2. The van der Waals surface area contributed by atoms with Gasteiger partial charge in [0.1, 0.15) is 0 Å². The smallest absolute Gasteiger partial charge is 0.0184 e. The lowest BCUT2D eigenvalue weighted by atomic mass is 10.1. The van der Waals surface area contributed by atoms with E-state index < -0.39 is 0 Å². The van der Waals surface area contributed by atoms with E-state index in [-0.39, 0.29) is 0 Å². The first-order chi connectivity index (χ1) is 7.38.